The van der Waals surface area contributed by atoms with Crippen LogP contribution in [0.25, 0.3) is 0 Å². The SMILES string of the molecule is COc1cc(OCC2CCC(F)(F)C2)c(F)cc1CNC(=O)[C@@H]1CCCN1C. The molecule has 2 aliphatic rings. The summed E-state index contributed by atoms with van der Waals surface area (Å²) in [6.07, 6.45) is 1.77. The van der Waals surface area contributed by atoms with Crippen molar-refractivity contribution in [1.29, 1.82) is 0 Å². The van der Waals surface area contributed by atoms with Crippen LogP contribution in [0.2, 0.25) is 0 Å². The Kier molecular flexibility index (Phi) is 6.37. The van der Waals surface area contributed by atoms with Crippen molar-refractivity contribution in [3.63, 3.8) is 0 Å². The van der Waals surface area contributed by atoms with Gasteiger partial charge in [0.15, 0.2) is 11.6 Å². The van der Waals surface area contributed by atoms with Gasteiger partial charge in [0.25, 0.3) is 0 Å². The van der Waals surface area contributed by atoms with E-state index in [1.54, 1.807) is 0 Å². The Hall–Kier alpha value is -1.96. The topological polar surface area (TPSA) is 50.8 Å². The van der Waals surface area contributed by atoms with E-state index in [-0.39, 0.29) is 49.6 Å². The summed E-state index contributed by atoms with van der Waals surface area (Å²) in [6, 6.07) is 2.50. The van der Waals surface area contributed by atoms with E-state index in [1.807, 2.05) is 11.9 Å². The van der Waals surface area contributed by atoms with Crippen LogP contribution >= 0.6 is 0 Å². The summed E-state index contributed by atoms with van der Waals surface area (Å²) >= 11 is 0. The van der Waals surface area contributed by atoms with Crippen molar-refractivity contribution in [2.75, 3.05) is 27.3 Å². The molecule has 1 amide bonds. The number of methoxy groups -OCH3 is 1. The Labute approximate surface area is 163 Å². The maximum atomic E-state index is 14.4. The van der Waals surface area contributed by atoms with Gasteiger partial charge in [-0.3, -0.25) is 9.69 Å². The monoisotopic (exact) mass is 400 g/mol. The van der Waals surface area contributed by atoms with Crippen molar-refractivity contribution in [3.8, 4) is 11.5 Å². The van der Waals surface area contributed by atoms with Crippen LogP contribution in [0.3, 0.4) is 0 Å². The maximum absolute atomic E-state index is 14.4. The summed E-state index contributed by atoms with van der Waals surface area (Å²) in [7, 11) is 3.36. The standard InChI is InChI=1S/C20H27F3N2O3/c1-25-7-3-4-16(25)19(26)24-11-14-8-15(21)18(9-17(14)27-2)28-12-13-5-6-20(22,23)10-13/h8-9,13,16H,3-7,10-12H2,1-2H3,(H,24,26)/t13?,16-/m0/s1. The number of carbonyl (C=O) groups excluding carboxylic acids is 1. The number of likely N-dealkylation sites (N-methyl/N-ethyl adjacent to an activating group) is 1. The number of hydrogen-bond acceptors (Lipinski definition) is 4. The molecule has 1 heterocycles. The Morgan fingerprint density at radius 3 is 2.71 bits per heavy atom. The number of nitrogens with one attached hydrogen (secondary N) is 1. The highest BCUT2D eigenvalue weighted by molar-refractivity contribution is 5.82. The van der Waals surface area contributed by atoms with Crippen LogP contribution in [-0.2, 0) is 11.3 Å². The zero-order valence-electron chi connectivity index (χ0n) is 16.3. The fourth-order valence-electron chi connectivity index (χ4n) is 3.95. The summed E-state index contributed by atoms with van der Waals surface area (Å²) in [5.74, 6) is -3.29. The second-order valence-electron chi connectivity index (χ2n) is 7.73. The van der Waals surface area contributed by atoms with Gasteiger partial charge in [0.05, 0.1) is 19.8 Å². The Morgan fingerprint density at radius 1 is 1.32 bits per heavy atom. The summed E-state index contributed by atoms with van der Waals surface area (Å²) < 4.78 is 51.7. The number of nitrogens with zero attached hydrogens (tertiary/aromatic N) is 1. The van der Waals surface area contributed by atoms with Crippen LogP contribution < -0.4 is 14.8 Å². The Morgan fingerprint density at radius 2 is 2.11 bits per heavy atom. The second kappa shape index (κ2) is 8.59. The number of halogens is 3. The highest BCUT2D eigenvalue weighted by Gasteiger charge is 2.39. The number of likely N-dealkylation sites (tertiary alicyclic amines) is 1. The molecule has 2 fully saturated rings. The van der Waals surface area contributed by atoms with E-state index < -0.39 is 11.7 Å². The van der Waals surface area contributed by atoms with Gasteiger partial charge < -0.3 is 14.8 Å². The van der Waals surface area contributed by atoms with Crippen LogP contribution in [0.15, 0.2) is 12.1 Å². The summed E-state index contributed by atoms with van der Waals surface area (Å²) in [6.45, 7) is 1.06. The minimum Gasteiger partial charge on any atom is -0.496 e. The molecule has 1 unspecified atom stereocenters. The van der Waals surface area contributed by atoms with Crippen molar-refractivity contribution in [2.24, 2.45) is 5.92 Å². The molecule has 0 spiro atoms. The van der Waals surface area contributed by atoms with E-state index in [4.69, 9.17) is 9.47 Å². The first kappa shape index (κ1) is 20.8. The maximum Gasteiger partial charge on any atom is 0.248 e. The van der Waals surface area contributed by atoms with Crippen molar-refractivity contribution >= 4 is 5.91 Å². The molecule has 0 aromatic heterocycles. The molecule has 0 radical (unpaired) electrons. The van der Waals surface area contributed by atoms with Gasteiger partial charge in [-0.25, -0.2) is 13.2 Å². The van der Waals surface area contributed by atoms with E-state index >= 15 is 0 Å². The molecule has 1 aliphatic carbocycles. The Balaban J connectivity index is 1.60. The predicted octanol–water partition coefficient (Wildman–Crippen LogP) is 3.36. The number of carbonyl (C=O) groups is 1. The predicted molar refractivity (Wildman–Crippen MR) is 98.2 cm³/mol. The van der Waals surface area contributed by atoms with E-state index in [1.165, 1.54) is 19.2 Å². The number of hydrogen-bond donors (Lipinski definition) is 1. The van der Waals surface area contributed by atoms with Crippen LogP contribution in [0.4, 0.5) is 13.2 Å². The van der Waals surface area contributed by atoms with Gasteiger partial charge in [0, 0.05) is 31.0 Å². The molecule has 1 aliphatic heterocycles. The van der Waals surface area contributed by atoms with Gasteiger partial charge in [-0.2, -0.15) is 0 Å². The van der Waals surface area contributed by atoms with Gasteiger partial charge in [0.2, 0.25) is 11.8 Å². The first-order chi connectivity index (χ1) is 13.3. The number of benzene rings is 1. The van der Waals surface area contributed by atoms with E-state index in [2.05, 4.69) is 5.32 Å². The van der Waals surface area contributed by atoms with Gasteiger partial charge in [-0.1, -0.05) is 0 Å². The number of amides is 1. The molecule has 1 aromatic rings. The molecular formula is C20H27F3N2O3. The van der Waals surface area contributed by atoms with Crippen LogP contribution in [-0.4, -0.2) is 50.1 Å². The van der Waals surface area contributed by atoms with Crippen LogP contribution in [0, 0.1) is 11.7 Å². The fourth-order valence-corrected chi connectivity index (χ4v) is 3.95. The second-order valence-corrected chi connectivity index (χ2v) is 7.73. The molecule has 1 saturated heterocycles. The lowest BCUT2D eigenvalue weighted by Gasteiger charge is -2.19. The molecule has 1 N–H and O–H groups in total. The summed E-state index contributed by atoms with van der Waals surface area (Å²) in [5, 5.41) is 2.83. The number of ether oxygens (including phenoxy) is 2. The van der Waals surface area contributed by atoms with Crippen LogP contribution in [0.5, 0.6) is 11.5 Å². The average Bonchev–Trinajstić information content (AvgIpc) is 3.23. The van der Waals surface area contributed by atoms with E-state index in [0.29, 0.717) is 17.7 Å². The van der Waals surface area contributed by atoms with Gasteiger partial charge >= 0.3 is 0 Å². The molecule has 156 valence electrons. The lowest BCUT2D eigenvalue weighted by Crippen LogP contribution is -2.41. The minimum absolute atomic E-state index is 0.0299. The molecule has 2 atom stereocenters. The smallest absolute Gasteiger partial charge is 0.248 e. The van der Waals surface area contributed by atoms with E-state index in [9.17, 15) is 18.0 Å². The van der Waals surface area contributed by atoms with Gasteiger partial charge in [-0.15, -0.1) is 0 Å². The third-order valence-corrected chi connectivity index (χ3v) is 5.59. The van der Waals surface area contributed by atoms with Crippen molar-refractivity contribution in [3.05, 3.63) is 23.5 Å². The highest BCUT2D eigenvalue weighted by Crippen LogP contribution is 2.39. The molecule has 28 heavy (non-hydrogen) atoms. The highest BCUT2D eigenvalue weighted by atomic mass is 19.3. The summed E-state index contributed by atoms with van der Waals surface area (Å²) in [4.78, 5) is 14.3. The lowest BCUT2D eigenvalue weighted by atomic mass is 10.1. The van der Waals surface area contributed by atoms with E-state index in [0.717, 1.165) is 19.4 Å². The van der Waals surface area contributed by atoms with Crippen molar-refractivity contribution < 1.29 is 27.4 Å². The molecule has 8 heteroatoms. The quantitative estimate of drug-likeness (QED) is 0.763. The molecule has 0 bridgehead atoms. The average molecular weight is 400 g/mol. The lowest BCUT2D eigenvalue weighted by molar-refractivity contribution is -0.125. The number of alkyl halides is 2. The van der Waals surface area contributed by atoms with Gasteiger partial charge in [-0.05, 0) is 44.8 Å². The third-order valence-electron chi connectivity index (χ3n) is 5.59. The zero-order valence-corrected chi connectivity index (χ0v) is 16.3. The zero-order chi connectivity index (χ0) is 20.3. The van der Waals surface area contributed by atoms with Crippen LogP contribution in [0.1, 0.15) is 37.7 Å². The van der Waals surface area contributed by atoms with Gasteiger partial charge in [0.1, 0.15) is 5.75 Å². The molecule has 1 saturated carbocycles. The summed E-state index contributed by atoms with van der Waals surface area (Å²) in [5.41, 5.74) is 0.494. The molecule has 3 rings (SSSR count). The normalized spacial score (nSPS) is 24.3. The molecular weight excluding hydrogens is 373 g/mol. The minimum atomic E-state index is -2.65. The molecule has 1 aromatic carbocycles. The largest absolute Gasteiger partial charge is 0.496 e. The first-order valence-corrected chi connectivity index (χ1v) is 9.64. The number of rotatable bonds is 7. The van der Waals surface area contributed by atoms with Crippen molar-refractivity contribution in [1.82, 2.24) is 10.2 Å². The van der Waals surface area contributed by atoms with Crippen molar-refractivity contribution in [2.45, 2.75) is 50.6 Å². The first-order valence-electron chi connectivity index (χ1n) is 9.64. The fraction of sp³-hybridized carbons (Fsp3) is 0.650. The molecule has 5 nitrogen and oxygen atoms in total. The Bertz CT molecular complexity index is 714. The third kappa shape index (κ3) is 4.90.